The van der Waals surface area contributed by atoms with E-state index in [1.807, 2.05) is 36.4 Å². The molecule has 1 heterocycles. The molecule has 0 bridgehead atoms. The van der Waals surface area contributed by atoms with Gasteiger partial charge in [-0.1, -0.05) is 24.3 Å². The minimum absolute atomic E-state index is 0.0856. The average Bonchev–Trinajstić information content (AvgIpc) is 2.89. The Labute approximate surface area is 116 Å². The molecule has 0 aliphatic rings. The Kier molecular flexibility index (Phi) is 3.24. The van der Waals surface area contributed by atoms with Crippen LogP contribution in [0.1, 0.15) is 11.3 Å². The summed E-state index contributed by atoms with van der Waals surface area (Å²) in [6.07, 6.45) is 0.529. The molecule has 0 fully saturated rings. The quantitative estimate of drug-likeness (QED) is 0.786. The van der Waals surface area contributed by atoms with Crippen molar-refractivity contribution in [3.8, 4) is 17.2 Å². The predicted molar refractivity (Wildman–Crippen MR) is 77.2 cm³/mol. The topological polar surface area (TPSA) is 57.2 Å². The van der Waals surface area contributed by atoms with Crippen molar-refractivity contribution >= 4 is 11.0 Å². The molecule has 0 atom stereocenters. The van der Waals surface area contributed by atoms with E-state index < -0.39 is 0 Å². The second-order valence-electron chi connectivity index (χ2n) is 4.63. The van der Waals surface area contributed by atoms with Gasteiger partial charge in [-0.15, -0.1) is 0 Å². The molecular formula is C17H13NO2. The third-order valence-corrected chi connectivity index (χ3v) is 3.28. The first kappa shape index (κ1) is 12.5. The van der Waals surface area contributed by atoms with Gasteiger partial charge < -0.3 is 9.52 Å². The maximum absolute atomic E-state index is 8.94. The third kappa shape index (κ3) is 2.29. The lowest BCUT2D eigenvalue weighted by Crippen LogP contribution is -1.85. The standard InChI is InChI=1S/C17H13NO2/c18-11-12-1-3-13(4-2-12)14-5-6-15-9-16(7-8-19)20-17(15)10-14/h1-6,9-10,19H,7-8H2. The first-order valence-electron chi connectivity index (χ1n) is 6.44. The van der Waals surface area contributed by atoms with Crippen LogP contribution >= 0.6 is 0 Å². The van der Waals surface area contributed by atoms with Crippen molar-refractivity contribution in [1.29, 1.82) is 5.26 Å². The molecule has 98 valence electrons. The molecule has 3 heteroatoms. The Hall–Kier alpha value is -2.57. The number of fused-ring (bicyclic) bond motifs is 1. The summed E-state index contributed by atoms with van der Waals surface area (Å²) in [5, 5.41) is 18.8. The Balaban J connectivity index is 2.01. The summed E-state index contributed by atoms with van der Waals surface area (Å²) in [7, 11) is 0. The van der Waals surface area contributed by atoms with E-state index in [-0.39, 0.29) is 6.61 Å². The summed E-state index contributed by atoms with van der Waals surface area (Å²) in [5.74, 6) is 0.791. The van der Waals surface area contributed by atoms with E-state index >= 15 is 0 Å². The Morgan fingerprint density at radius 2 is 1.75 bits per heavy atom. The highest BCUT2D eigenvalue weighted by Gasteiger charge is 2.05. The highest BCUT2D eigenvalue weighted by Crippen LogP contribution is 2.27. The van der Waals surface area contributed by atoms with E-state index in [0.29, 0.717) is 12.0 Å². The molecule has 20 heavy (non-hydrogen) atoms. The van der Waals surface area contributed by atoms with Gasteiger partial charge in [0.1, 0.15) is 11.3 Å². The van der Waals surface area contributed by atoms with E-state index in [4.69, 9.17) is 14.8 Å². The molecule has 0 saturated heterocycles. The molecule has 0 spiro atoms. The average molecular weight is 263 g/mol. The fourth-order valence-corrected chi connectivity index (χ4v) is 2.24. The zero-order chi connectivity index (χ0) is 13.9. The fourth-order valence-electron chi connectivity index (χ4n) is 2.24. The Bertz CT molecular complexity index is 779. The number of hydrogen-bond acceptors (Lipinski definition) is 3. The lowest BCUT2D eigenvalue weighted by Gasteiger charge is -2.01. The summed E-state index contributed by atoms with van der Waals surface area (Å²) in [6, 6.07) is 17.5. The molecule has 0 saturated carbocycles. The van der Waals surface area contributed by atoms with Crippen LogP contribution in [-0.2, 0) is 6.42 Å². The van der Waals surface area contributed by atoms with Crippen LogP contribution in [0.5, 0.6) is 0 Å². The van der Waals surface area contributed by atoms with Crippen LogP contribution in [0.25, 0.3) is 22.1 Å². The van der Waals surface area contributed by atoms with Crippen molar-refractivity contribution in [1.82, 2.24) is 0 Å². The van der Waals surface area contributed by atoms with Gasteiger partial charge in [0.2, 0.25) is 0 Å². The monoisotopic (exact) mass is 263 g/mol. The van der Waals surface area contributed by atoms with Gasteiger partial charge in [0.05, 0.1) is 18.2 Å². The lowest BCUT2D eigenvalue weighted by molar-refractivity contribution is 0.289. The van der Waals surface area contributed by atoms with Crippen LogP contribution in [0.4, 0.5) is 0 Å². The molecule has 1 aromatic heterocycles. The van der Waals surface area contributed by atoms with Crippen molar-refractivity contribution in [2.75, 3.05) is 6.61 Å². The van der Waals surface area contributed by atoms with Crippen molar-refractivity contribution in [3.63, 3.8) is 0 Å². The van der Waals surface area contributed by atoms with E-state index in [1.165, 1.54) is 0 Å². The molecule has 0 aliphatic carbocycles. The SMILES string of the molecule is N#Cc1ccc(-c2ccc3cc(CCO)oc3c2)cc1. The van der Waals surface area contributed by atoms with Gasteiger partial charge in [-0.3, -0.25) is 0 Å². The molecule has 0 amide bonds. The van der Waals surface area contributed by atoms with Crippen LogP contribution < -0.4 is 0 Å². The molecule has 3 aromatic rings. The van der Waals surface area contributed by atoms with Crippen LogP contribution in [0.15, 0.2) is 52.9 Å². The van der Waals surface area contributed by atoms with E-state index in [0.717, 1.165) is 27.9 Å². The number of nitrogens with zero attached hydrogens (tertiary/aromatic N) is 1. The number of rotatable bonds is 3. The zero-order valence-corrected chi connectivity index (χ0v) is 10.8. The summed E-state index contributed by atoms with van der Waals surface area (Å²) in [6.45, 7) is 0.0856. The summed E-state index contributed by atoms with van der Waals surface area (Å²) in [4.78, 5) is 0. The fraction of sp³-hybridized carbons (Fsp3) is 0.118. The third-order valence-electron chi connectivity index (χ3n) is 3.28. The number of aliphatic hydroxyl groups is 1. The largest absolute Gasteiger partial charge is 0.461 e. The van der Waals surface area contributed by atoms with E-state index in [1.54, 1.807) is 12.1 Å². The first-order valence-corrected chi connectivity index (χ1v) is 6.44. The normalized spacial score (nSPS) is 10.6. The number of nitriles is 1. The molecule has 1 N–H and O–H groups in total. The van der Waals surface area contributed by atoms with Crippen molar-refractivity contribution < 1.29 is 9.52 Å². The zero-order valence-electron chi connectivity index (χ0n) is 10.8. The highest BCUT2D eigenvalue weighted by atomic mass is 16.3. The first-order chi connectivity index (χ1) is 9.80. The van der Waals surface area contributed by atoms with Gasteiger partial charge in [-0.25, -0.2) is 0 Å². The second-order valence-corrected chi connectivity index (χ2v) is 4.63. The predicted octanol–water partition coefficient (Wildman–Crippen LogP) is 3.51. The molecule has 3 nitrogen and oxygen atoms in total. The maximum atomic E-state index is 8.94. The molecule has 0 aliphatic heterocycles. The molecule has 3 rings (SSSR count). The summed E-state index contributed by atoms with van der Waals surface area (Å²) in [5.41, 5.74) is 3.56. The van der Waals surface area contributed by atoms with Crippen LogP contribution in [-0.4, -0.2) is 11.7 Å². The van der Waals surface area contributed by atoms with Gasteiger partial charge in [-0.2, -0.15) is 5.26 Å². The van der Waals surface area contributed by atoms with Crippen LogP contribution in [0.2, 0.25) is 0 Å². The second kappa shape index (κ2) is 5.20. The van der Waals surface area contributed by atoms with Gasteiger partial charge in [0.25, 0.3) is 0 Å². The minimum Gasteiger partial charge on any atom is -0.461 e. The highest BCUT2D eigenvalue weighted by molar-refractivity contribution is 5.83. The van der Waals surface area contributed by atoms with E-state index in [2.05, 4.69) is 6.07 Å². The number of aliphatic hydroxyl groups excluding tert-OH is 1. The molecule has 0 radical (unpaired) electrons. The van der Waals surface area contributed by atoms with Crippen LogP contribution in [0.3, 0.4) is 0 Å². The van der Waals surface area contributed by atoms with Crippen molar-refractivity contribution in [3.05, 3.63) is 59.9 Å². The van der Waals surface area contributed by atoms with Gasteiger partial charge in [-0.05, 0) is 35.4 Å². The van der Waals surface area contributed by atoms with Crippen molar-refractivity contribution in [2.45, 2.75) is 6.42 Å². The van der Waals surface area contributed by atoms with Crippen molar-refractivity contribution in [2.24, 2.45) is 0 Å². The van der Waals surface area contributed by atoms with Gasteiger partial charge >= 0.3 is 0 Å². The smallest absolute Gasteiger partial charge is 0.134 e. The number of furan rings is 1. The molecule has 0 unspecified atom stereocenters. The number of hydrogen-bond donors (Lipinski definition) is 1. The molecular weight excluding hydrogens is 250 g/mol. The van der Waals surface area contributed by atoms with E-state index in [9.17, 15) is 0 Å². The summed E-state index contributed by atoms with van der Waals surface area (Å²) < 4.78 is 5.70. The maximum Gasteiger partial charge on any atom is 0.134 e. The summed E-state index contributed by atoms with van der Waals surface area (Å²) >= 11 is 0. The van der Waals surface area contributed by atoms with Gasteiger partial charge in [0, 0.05) is 11.8 Å². The van der Waals surface area contributed by atoms with Gasteiger partial charge in [0.15, 0.2) is 0 Å². The molecule has 2 aromatic carbocycles. The van der Waals surface area contributed by atoms with Crippen LogP contribution in [0, 0.1) is 11.3 Å². The number of benzene rings is 2. The lowest BCUT2D eigenvalue weighted by atomic mass is 10.0. The Morgan fingerprint density at radius 3 is 2.45 bits per heavy atom. The minimum atomic E-state index is 0.0856. The Morgan fingerprint density at radius 1 is 1.00 bits per heavy atom.